The Morgan fingerprint density at radius 3 is 2.72 bits per heavy atom. The van der Waals surface area contributed by atoms with Gasteiger partial charge < -0.3 is 10.6 Å². The summed E-state index contributed by atoms with van der Waals surface area (Å²) in [6, 6.07) is 1.78. The fourth-order valence-corrected chi connectivity index (χ4v) is 1.27. The Morgan fingerprint density at radius 1 is 1.39 bits per heavy atom. The lowest BCUT2D eigenvalue weighted by atomic mass is 10.2. The van der Waals surface area contributed by atoms with Crippen LogP contribution in [0.15, 0.2) is 12.3 Å². The molecule has 0 aliphatic carbocycles. The smallest absolute Gasteiger partial charge is 0.270 e. The van der Waals surface area contributed by atoms with Crippen LogP contribution in [-0.4, -0.2) is 28.5 Å². The van der Waals surface area contributed by atoms with Crippen LogP contribution in [0, 0.1) is 5.92 Å². The summed E-state index contributed by atoms with van der Waals surface area (Å²) in [5, 5.41) is 5.99. The van der Waals surface area contributed by atoms with Gasteiger partial charge in [0, 0.05) is 18.8 Å². The van der Waals surface area contributed by atoms with Gasteiger partial charge in [-0.25, -0.2) is 9.97 Å². The Balaban J connectivity index is 2.66. The van der Waals surface area contributed by atoms with Crippen LogP contribution in [0.3, 0.4) is 0 Å². The molecule has 5 heteroatoms. The van der Waals surface area contributed by atoms with E-state index < -0.39 is 0 Å². The number of nitrogens with one attached hydrogen (secondary N) is 2. The van der Waals surface area contributed by atoms with Crippen molar-refractivity contribution in [3.63, 3.8) is 0 Å². The standard InChI is InChI=1S/C13H22N4O/c1-5-10(4)16-12(18)11-6-7-14-13(17-11)15-8-9(2)3/h6-7,9-10H,5,8H2,1-4H3,(H,16,18)(H,14,15,17). The number of amides is 1. The summed E-state index contributed by atoms with van der Waals surface area (Å²) >= 11 is 0. The van der Waals surface area contributed by atoms with Crippen LogP contribution in [-0.2, 0) is 0 Å². The second kappa shape index (κ2) is 6.93. The lowest BCUT2D eigenvalue weighted by molar-refractivity contribution is 0.0934. The first kappa shape index (κ1) is 14.4. The van der Waals surface area contributed by atoms with Crippen molar-refractivity contribution in [1.29, 1.82) is 0 Å². The maximum atomic E-state index is 11.9. The predicted molar refractivity (Wildman–Crippen MR) is 72.6 cm³/mol. The van der Waals surface area contributed by atoms with E-state index in [0.29, 0.717) is 17.6 Å². The first-order valence-electron chi connectivity index (χ1n) is 6.40. The first-order chi connectivity index (χ1) is 8.52. The minimum absolute atomic E-state index is 0.152. The summed E-state index contributed by atoms with van der Waals surface area (Å²) < 4.78 is 0. The molecule has 1 rings (SSSR count). The Bertz CT molecular complexity index is 392. The van der Waals surface area contributed by atoms with Gasteiger partial charge in [-0.15, -0.1) is 0 Å². The van der Waals surface area contributed by atoms with E-state index in [0.717, 1.165) is 13.0 Å². The molecular weight excluding hydrogens is 228 g/mol. The quantitative estimate of drug-likeness (QED) is 0.811. The van der Waals surface area contributed by atoms with Crippen molar-refractivity contribution in [3.8, 4) is 0 Å². The lowest BCUT2D eigenvalue weighted by Crippen LogP contribution is -2.32. The molecule has 0 radical (unpaired) electrons. The van der Waals surface area contributed by atoms with Crippen molar-refractivity contribution < 1.29 is 4.79 Å². The molecule has 2 N–H and O–H groups in total. The lowest BCUT2D eigenvalue weighted by Gasteiger charge is -2.11. The number of hydrogen-bond donors (Lipinski definition) is 2. The minimum Gasteiger partial charge on any atom is -0.354 e. The van der Waals surface area contributed by atoms with Gasteiger partial charge in [0.2, 0.25) is 5.95 Å². The predicted octanol–water partition coefficient (Wildman–Crippen LogP) is 2.07. The molecule has 1 aromatic rings. The highest BCUT2D eigenvalue weighted by Crippen LogP contribution is 2.03. The number of carbonyl (C=O) groups excluding carboxylic acids is 1. The molecule has 0 aliphatic heterocycles. The fourth-order valence-electron chi connectivity index (χ4n) is 1.27. The van der Waals surface area contributed by atoms with E-state index >= 15 is 0 Å². The maximum Gasteiger partial charge on any atom is 0.270 e. The van der Waals surface area contributed by atoms with E-state index in [4.69, 9.17) is 0 Å². The monoisotopic (exact) mass is 250 g/mol. The summed E-state index contributed by atoms with van der Waals surface area (Å²) in [6.07, 6.45) is 2.50. The van der Waals surface area contributed by atoms with Gasteiger partial charge in [-0.3, -0.25) is 4.79 Å². The second-order valence-electron chi connectivity index (χ2n) is 4.82. The van der Waals surface area contributed by atoms with Gasteiger partial charge in [0.1, 0.15) is 5.69 Å². The molecule has 0 spiro atoms. The second-order valence-corrected chi connectivity index (χ2v) is 4.82. The normalized spacial score (nSPS) is 12.3. The summed E-state index contributed by atoms with van der Waals surface area (Å²) in [5.74, 6) is 0.853. The number of carbonyl (C=O) groups is 1. The molecule has 0 aromatic carbocycles. The highest BCUT2D eigenvalue weighted by Gasteiger charge is 2.10. The number of aromatic nitrogens is 2. The van der Waals surface area contributed by atoms with Crippen LogP contribution in [0.5, 0.6) is 0 Å². The molecule has 1 aromatic heterocycles. The van der Waals surface area contributed by atoms with Crippen LogP contribution in [0.1, 0.15) is 44.6 Å². The van der Waals surface area contributed by atoms with Gasteiger partial charge in [0.15, 0.2) is 0 Å². The number of hydrogen-bond acceptors (Lipinski definition) is 4. The van der Waals surface area contributed by atoms with Crippen LogP contribution >= 0.6 is 0 Å². The molecule has 0 fully saturated rings. The van der Waals surface area contributed by atoms with Gasteiger partial charge in [-0.2, -0.15) is 0 Å². The maximum absolute atomic E-state index is 11.9. The summed E-state index contributed by atoms with van der Waals surface area (Å²) in [7, 11) is 0. The summed E-state index contributed by atoms with van der Waals surface area (Å²) in [6.45, 7) is 8.99. The fraction of sp³-hybridized carbons (Fsp3) is 0.615. The zero-order valence-corrected chi connectivity index (χ0v) is 11.5. The third-order valence-corrected chi connectivity index (χ3v) is 2.55. The largest absolute Gasteiger partial charge is 0.354 e. The third-order valence-electron chi connectivity index (χ3n) is 2.55. The molecule has 18 heavy (non-hydrogen) atoms. The molecule has 5 nitrogen and oxygen atoms in total. The molecular formula is C13H22N4O. The Labute approximate surface area is 108 Å². The van der Waals surface area contributed by atoms with Crippen LogP contribution in [0.25, 0.3) is 0 Å². The van der Waals surface area contributed by atoms with Crippen molar-refractivity contribution in [2.45, 2.75) is 40.2 Å². The third kappa shape index (κ3) is 4.69. The molecule has 1 amide bonds. The molecule has 1 atom stereocenters. The van der Waals surface area contributed by atoms with Gasteiger partial charge in [0.05, 0.1) is 0 Å². The Hall–Kier alpha value is -1.65. The van der Waals surface area contributed by atoms with E-state index in [2.05, 4.69) is 34.4 Å². The van der Waals surface area contributed by atoms with E-state index in [1.807, 2.05) is 13.8 Å². The molecule has 0 bridgehead atoms. The van der Waals surface area contributed by atoms with Gasteiger partial charge >= 0.3 is 0 Å². The number of nitrogens with zero attached hydrogens (tertiary/aromatic N) is 2. The Kier molecular flexibility index (Phi) is 5.55. The van der Waals surface area contributed by atoms with Crippen molar-refractivity contribution >= 4 is 11.9 Å². The molecule has 100 valence electrons. The van der Waals surface area contributed by atoms with Crippen LogP contribution in [0.4, 0.5) is 5.95 Å². The molecule has 1 heterocycles. The highest BCUT2D eigenvalue weighted by molar-refractivity contribution is 5.92. The SMILES string of the molecule is CCC(C)NC(=O)c1ccnc(NCC(C)C)n1. The van der Waals surface area contributed by atoms with Crippen molar-refractivity contribution in [1.82, 2.24) is 15.3 Å². The van der Waals surface area contributed by atoms with Gasteiger partial charge in [0.25, 0.3) is 5.91 Å². The van der Waals surface area contributed by atoms with E-state index in [1.54, 1.807) is 12.3 Å². The van der Waals surface area contributed by atoms with Gasteiger partial charge in [-0.05, 0) is 25.3 Å². The van der Waals surface area contributed by atoms with E-state index in [9.17, 15) is 4.79 Å². The minimum atomic E-state index is -0.153. The topological polar surface area (TPSA) is 66.9 Å². The van der Waals surface area contributed by atoms with Crippen molar-refractivity contribution in [2.75, 3.05) is 11.9 Å². The summed E-state index contributed by atoms with van der Waals surface area (Å²) in [4.78, 5) is 20.2. The average Bonchev–Trinajstić information content (AvgIpc) is 2.36. The zero-order valence-electron chi connectivity index (χ0n) is 11.5. The summed E-state index contributed by atoms with van der Waals surface area (Å²) in [5.41, 5.74) is 0.400. The van der Waals surface area contributed by atoms with E-state index in [-0.39, 0.29) is 11.9 Å². The first-order valence-corrected chi connectivity index (χ1v) is 6.40. The highest BCUT2D eigenvalue weighted by atomic mass is 16.1. The molecule has 0 saturated heterocycles. The van der Waals surface area contributed by atoms with Crippen LogP contribution < -0.4 is 10.6 Å². The zero-order chi connectivity index (χ0) is 13.5. The van der Waals surface area contributed by atoms with Gasteiger partial charge in [-0.1, -0.05) is 20.8 Å². The molecule has 1 unspecified atom stereocenters. The van der Waals surface area contributed by atoms with Crippen molar-refractivity contribution in [2.24, 2.45) is 5.92 Å². The van der Waals surface area contributed by atoms with Crippen molar-refractivity contribution in [3.05, 3.63) is 18.0 Å². The molecule has 0 saturated carbocycles. The number of anilines is 1. The van der Waals surface area contributed by atoms with E-state index in [1.165, 1.54) is 0 Å². The number of rotatable bonds is 6. The van der Waals surface area contributed by atoms with Crippen LogP contribution in [0.2, 0.25) is 0 Å². The molecule has 0 aliphatic rings. The Morgan fingerprint density at radius 2 is 2.11 bits per heavy atom. The average molecular weight is 250 g/mol.